The summed E-state index contributed by atoms with van der Waals surface area (Å²) in [5, 5.41) is 3.38. The van der Waals surface area contributed by atoms with Crippen molar-refractivity contribution < 1.29 is 9.13 Å². The minimum Gasteiger partial charge on any atom is -0.497 e. The molecule has 1 heterocycles. The first kappa shape index (κ1) is 13.3. The summed E-state index contributed by atoms with van der Waals surface area (Å²) in [4.78, 5) is 2.22. The van der Waals surface area contributed by atoms with Crippen molar-refractivity contribution in [3.05, 3.63) is 29.6 Å². The largest absolute Gasteiger partial charge is 0.497 e. The van der Waals surface area contributed by atoms with E-state index in [1.165, 1.54) is 18.9 Å². The molecule has 1 saturated heterocycles. The second-order valence-electron chi connectivity index (χ2n) is 4.87. The van der Waals surface area contributed by atoms with Gasteiger partial charge in [-0.15, -0.1) is 0 Å². The van der Waals surface area contributed by atoms with Crippen LogP contribution in [0, 0.1) is 5.82 Å². The van der Waals surface area contributed by atoms with Crippen molar-refractivity contribution in [3.63, 3.8) is 0 Å². The molecule has 1 N–H and O–H groups in total. The van der Waals surface area contributed by atoms with Crippen molar-refractivity contribution in [3.8, 4) is 5.75 Å². The van der Waals surface area contributed by atoms with Gasteiger partial charge in [-0.05, 0) is 32.5 Å². The SMILES string of the molecule is COc1ccc(CN(C)C2CCCNC2)c(F)c1. The Kier molecular flexibility index (Phi) is 4.55. The van der Waals surface area contributed by atoms with Gasteiger partial charge in [0.15, 0.2) is 0 Å². The third kappa shape index (κ3) is 3.21. The lowest BCUT2D eigenvalue weighted by Gasteiger charge is -2.31. The highest BCUT2D eigenvalue weighted by atomic mass is 19.1. The number of piperidine rings is 1. The molecule has 100 valence electrons. The van der Waals surface area contributed by atoms with E-state index < -0.39 is 0 Å². The standard InChI is InChI=1S/C14H21FN2O/c1-17(12-4-3-7-16-9-12)10-11-5-6-13(18-2)8-14(11)15/h5-6,8,12,16H,3-4,7,9-10H2,1-2H3. The molecule has 3 nitrogen and oxygen atoms in total. The van der Waals surface area contributed by atoms with Gasteiger partial charge in [0.2, 0.25) is 0 Å². The molecule has 0 amide bonds. The van der Waals surface area contributed by atoms with E-state index in [4.69, 9.17) is 4.74 Å². The maximum atomic E-state index is 13.8. The Morgan fingerprint density at radius 1 is 1.50 bits per heavy atom. The van der Waals surface area contributed by atoms with Crippen LogP contribution in [0.25, 0.3) is 0 Å². The Labute approximate surface area is 108 Å². The lowest BCUT2D eigenvalue weighted by molar-refractivity contribution is 0.194. The Bertz CT molecular complexity index is 391. The zero-order valence-electron chi connectivity index (χ0n) is 11.1. The fourth-order valence-electron chi connectivity index (χ4n) is 2.39. The number of hydrogen-bond acceptors (Lipinski definition) is 3. The highest BCUT2D eigenvalue weighted by Gasteiger charge is 2.18. The molecule has 1 aliphatic rings. The van der Waals surface area contributed by atoms with Gasteiger partial charge in [0.25, 0.3) is 0 Å². The molecular weight excluding hydrogens is 231 g/mol. The molecule has 1 aromatic carbocycles. The summed E-state index contributed by atoms with van der Waals surface area (Å²) in [6.07, 6.45) is 2.38. The molecule has 0 saturated carbocycles. The van der Waals surface area contributed by atoms with Crippen molar-refractivity contribution >= 4 is 0 Å². The summed E-state index contributed by atoms with van der Waals surface area (Å²) < 4.78 is 18.9. The summed E-state index contributed by atoms with van der Waals surface area (Å²) >= 11 is 0. The molecule has 4 heteroatoms. The van der Waals surface area contributed by atoms with Gasteiger partial charge in [0, 0.05) is 30.8 Å². The maximum absolute atomic E-state index is 13.8. The Hall–Kier alpha value is -1.13. The van der Waals surface area contributed by atoms with E-state index in [2.05, 4.69) is 17.3 Å². The van der Waals surface area contributed by atoms with Gasteiger partial charge in [-0.25, -0.2) is 4.39 Å². The minimum absolute atomic E-state index is 0.190. The number of nitrogens with one attached hydrogen (secondary N) is 1. The van der Waals surface area contributed by atoms with Crippen LogP contribution in [0.1, 0.15) is 18.4 Å². The van der Waals surface area contributed by atoms with Crippen LogP contribution in [-0.4, -0.2) is 38.2 Å². The molecule has 18 heavy (non-hydrogen) atoms. The Balaban J connectivity index is 1.99. The molecule has 0 aliphatic carbocycles. The number of methoxy groups -OCH3 is 1. The Morgan fingerprint density at radius 3 is 2.94 bits per heavy atom. The van der Waals surface area contributed by atoms with Crippen LogP contribution in [0.4, 0.5) is 4.39 Å². The molecule has 0 spiro atoms. The van der Waals surface area contributed by atoms with E-state index in [9.17, 15) is 4.39 Å². The molecular formula is C14H21FN2O. The lowest BCUT2D eigenvalue weighted by Crippen LogP contribution is -2.43. The normalized spacial score (nSPS) is 20.1. The predicted molar refractivity (Wildman–Crippen MR) is 70.3 cm³/mol. The molecule has 2 rings (SSSR count). The molecule has 0 bridgehead atoms. The van der Waals surface area contributed by atoms with Gasteiger partial charge in [-0.1, -0.05) is 6.07 Å². The van der Waals surface area contributed by atoms with Gasteiger partial charge in [0.1, 0.15) is 11.6 Å². The number of benzene rings is 1. The van der Waals surface area contributed by atoms with Gasteiger partial charge >= 0.3 is 0 Å². The third-order valence-corrected chi connectivity index (χ3v) is 3.57. The summed E-state index contributed by atoms with van der Waals surface area (Å²) in [7, 11) is 3.61. The molecule has 1 aliphatic heterocycles. The van der Waals surface area contributed by atoms with Crippen molar-refractivity contribution in [2.75, 3.05) is 27.2 Å². The van der Waals surface area contributed by atoms with Gasteiger partial charge in [0.05, 0.1) is 7.11 Å². The van der Waals surface area contributed by atoms with Crippen molar-refractivity contribution in [1.82, 2.24) is 10.2 Å². The molecule has 0 aromatic heterocycles. The van der Waals surface area contributed by atoms with E-state index in [1.807, 2.05) is 6.07 Å². The molecule has 1 fully saturated rings. The van der Waals surface area contributed by atoms with E-state index in [0.29, 0.717) is 18.3 Å². The zero-order chi connectivity index (χ0) is 13.0. The summed E-state index contributed by atoms with van der Waals surface area (Å²) in [5.41, 5.74) is 0.726. The first-order chi connectivity index (χ1) is 8.70. The maximum Gasteiger partial charge on any atom is 0.131 e. The van der Waals surface area contributed by atoms with Crippen LogP contribution in [0.5, 0.6) is 5.75 Å². The van der Waals surface area contributed by atoms with Crippen molar-refractivity contribution in [2.24, 2.45) is 0 Å². The first-order valence-electron chi connectivity index (χ1n) is 6.44. The number of nitrogens with zero attached hydrogens (tertiary/aromatic N) is 1. The average Bonchev–Trinajstić information content (AvgIpc) is 2.42. The number of rotatable bonds is 4. The van der Waals surface area contributed by atoms with Crippen molar-refractivity contribution in [2.45, 2.75) is 25.4 Å². The molecule has 1 aromatic rings. The van der Waals surface area contributed by atoms with Crippen molar-refractivity contribution in [1.29, 1.82) is 0 Å². The second kappa shape index (κ2) is 6.16. The number of hydrogen-bond donors (Lipinski definition) is 1. The first-order valence-corrected chi connectivity index (χ1v) is 6.44. The summed E-state index contributed by atoms with van der Waals surface area (Å²) in [6, 6.07) is 5.56. The van der Waals surface area contributed by atoms with E-state index in [-0.39, 0.29) is 5.82 Å². The monoisotopic (exact) mass is 252 g/mol. The number of likely N-dealkylation sites (N-methyl/N-ethyl adjacent to an activating group) is 1. The van der Waals surface area contributed by atoms with Crippen LogP contribution in [-0.2, 0) is 6.54 Å². The average molecular weight is 252 g/mol. The molecule has 1 unspecified atom stereocenters. The second-order valence-corrected chi connectivity index (χ2v) is 4.87. The smallest absolute Gasteiger partial charge is 0.131 e. The zero-order valence-corrected chi connectivity index (χ0v) is 11.1. The summed E-state index contributed by atoms with van der Waals surface area (Å²) in [5.74, 6) is 0.378. The predicted octanol–water partition coefficient (Wildman–Crippen LogP) is 2.02. The van der Waals surface area contributed by atoms with Crippen LogP contribution in [0.2, 0.25) is 0 Å². The molecule has 0 radical (unpaired) electrons. The lowest BCUT2D eigenvalue weighted by atomic mass is 10.1. The van der Waals surface area contributed by atoms with Gasteiger partial charge < -0.3 is 10.1 Å². The molecule has 1 atom stereocenters. The third-order valence-electron chi connectivity index (χ3n) is 3.57. The highest BCUT2D eigenvalue weighted by molar-refractivity contribution is 5.28. The van der Waals surface area contributed by atoms with Crippen LogP contribution >= 0.6 is 0 Å². The van der Waals surface area contributed by atoms with Crippen LogP contribution in [0.15, 0.2) is 18.2 Å². The van der Waals surface area contributed by atoms with Gasteiger partial charge in [-0.3, -0.25) is 4.90 Å². The topological polar surface area (TPSA) is 24.5 Å². The highest BCUT2D eigenvalue weighted by Crippen LogP contribution is 2.19. The van der Waals surface area contributed by atoms with Crippen LogP contribution in [0.3, 0.4) is 0 Å². The van der Waals surface area contributed by atoms with E-state index in [1.54, 1.807) is 13.2 Å². The fourth-order valence-corrected chi connectivity index (χ4v) is 2.39. The Morgan fingerprint density at radius 2 is 2.33 bits per heavy atom. The quantitative estimate of drug-likeness (QED) is 0.887. The van der Waals surface area contributed by atoms with Gasteiger partial charge in [-0.2, -0.15) is 0 Å². The number of ether oxygens (including phenoxy) is 1. The summed E-state index contributed by atoms with van der Waals surface area (Å²) in [6.45, 7) is 2.73. The minimum atomic E-state index is -0.190. The fraction of sp³-hybridized carbons (Fsp3) is 0.571. The van der Waals surface area contributed by atoms with Crippen LogP contribution < -0.4 is 10.1 Å². The van der Waals surface area contributed by atoms with E-state index >= 15 is 0 Å². The number of halogens is 1. The van der Waals surface area contributed by atoms with E-state index in [0.717, 1.165) is 18.7 Å².